The molecule has 0 amide bonds. The largest absolute Gasteiger partial charge is 0.311 e. The van der Waals surface area contributed by atoms with Crippen LogP contribution in [0.1, 0.15) is 78.0 Å². The third kappa shape index (κ3) is 7.46. The molecule has 0 unspecified atom stereocenters. The van der Waals surface area contributed by atoms with Crippen molar-refractivity contribution < 1.29 is 0 Å². The van der Waals surface area contributed by atoms with Crippen LogP contribution in [0.15, 0.2) is 212 Å². The van der Waals surface area contributed by atoms with Gasteiger partial charge < -0.3 is 14.7 Å². The molecule has 0 atom stereocenters. The van der Waals surface area contributed by atoms with E-state index in [0.29, 0.717) is 0 Å². The van der Waals surface area contributed by atoms with E-state index in [9.17, 15) is 0 Å². The Morgan fingerprint density at radius 2 is 1.07 bits per heavy atom. The molecule has 0 fully saturated rings. The molecule has 9 aromatic carbocycles. The molecule has 2 aliphatic heterocycles. The lowest BCUT2D eigenvalue weighted by atomic mass is 9.36. The van der Waals surface area contributed by atoms with Gasteiger partial charge in [-0.3, -0.25) is 0 Å². The zero-order valence-corrected chi connectivity index (χ0v) is 43.8. The topological polar surface area (TPSA) is 9.72 Å². The normalized spacial score (nSPS) is 15.1. The minimum absolute atomic E-state index is 0.0180. The minimum atomic E-state index is -0.0457. The Kier molecular flexibility index (Phi) is 10.5. The molecule has 1 aliphatic carbocycles. The lowest BCUT2D eigenvalue weighted by Gasteiger charge is -2.45. The molecule has 5 heteroatoms. The summed E-state index contributed by atoms with van der Waals surface area (Å²) < 4.78 is 2.69. The lowest BCUT2D eigenvalue weighted by molar-refractivity contribution is 0.332. The summed E-state index contributed by atoms with van der Waals surface area (Å²) in [6.07, 6.45) is 2.31. The number of anilines is 9. The van der Waals surface area contributed by atoms with E-state index in [0.717, 1.165) is 29.2 Å². The van der Waals surface area contributed by atoms with E-state index in [1.807, 2.05) is 11.3 Å². The summed E-state index contributed by atoms with van der Waals surface area (Å²) in [6.45, 7) is 16.8. The third-order valence-corrected chi connectivity index (χ3v) is 17.5. The predicted octanol–water partition coefficient (Wildman–Crippen LogP) is 17.4. The van der Waals surface area contributed by atoms with Crippen LogP contribution in [0.25, 0.3) is 32.3 Å². The van der Waals surface area contributed by atoms with Gasteiger partial charge in [-0.2, -0.15) is 0 Å². The SMILES string of the molecule is CC(C)(C)c1ccc2sc3c(c2c1)N(c1ccc2c(c1)C(C)(C)CCC2(C)C)c1cc(N(c2ccccc2)c2ccccc2)cc2c1B3c1ccc(-c3ccccc3)cc1N2c1ccccc1-c1ccccc1. The monoisotopic (exact) mass is 961 g/mol. The molecule has 0 saturated heterocycles. The highest BCUT2D eigenvalue weighted by Crippen LogP contribution is 2.54. The van der Waals surface area contributed by atoms with E-state index < -0.39 is 0 Å². The fourth-order valence-corrected chi connectivity index (χ4v) is 13.5. The van der Waals surface area contributed by atoms with Crippen LogP contribution in [0.2, 0.25) is 0 Å². The number of hydrogen-bond acceptors (Lipinski definition) is 4. The first-order chi connectivity index (χ1) is 35.3. The predicted molar refractivity (Wildman–Crippen MR) is 315 cm³/mol. The molecular weight excluding hydrogens is 902 g/mol. The van der Waals surface area contributed by atoms with Gasteiger partial charge in [0.25, 0.3) is 6.71 Å². The van der Waals surface area contributed by atoms with E-state index >= 15 is 0 Å². The second kappa shape index (κ2) is 17.0. The molecule has 0 saturated carbocycles. The van der Waals surface area contributed by atoms with Gasteiger partial charge in [0.15, 0.2) is 0 Å². The lowest BCUT2D eigenvalue weighted by Crippen LogP contribution is -2.60. The quantitative estimate of drug-likeness (QED) is 0.147. The van der Waals surface area contributed by atoms with Crippen LogP contribution in [-0.4, -0.2) is 6.71 Å². The van der Waals surface area contributed by atoms with Crippen LogP contribution in [0.5, 0.6) is 0 Å². The van der Waals surface area contributed by atoms with Crippen molar-refractivity contribution in [3.63, 3.8) is 0 Å². The molecule has 3 nitrogen and oxygen atoms in total. The standard InChI is InChI=1S/C68H60BN3S/c1-66(2,3)48-33-37-62-54(41-48)64-65(73-62)69-57-36-32-47(45-22-12-8-13-23-45)40-59(57)72(58-31-21-20-30-53(58)46-24-14-9-15-25-46)61-44-52(70(49-26-16-10-17-27-49)50-28-18-11-19-29-50)43-60(63(61)69)71(64)51-34-35-55-56(42-51)68(6,7)39-38-67(55,4)5/h8-37,40-44H,38-39H2,1-7H3. The van der Waals surface area contributed by atoms with Crippen molar-refractivity contribution in [2.45, 2.75) is 77.6 Å². The summed E-state index contributed by atoms with van der Waals surface area (Å²) in [7, 11) is 0. The zero-order chi connectivity index (χ0) is 49.8. The Labute approximate surface area is 436 Å². The molecule has 73 heavy (non-hydrogen) atoms. The van der Waals surface area contributed by atoms with Crippen LogP contribution >= 0.6 is 11.3 Å². The Morgan fingerprint density at radius 3 is 1.73 bits per heavy atom. The third-order valence-electron chi connectivity index (χ3n) is 16.2. The summed E-state index contributed by atoms with van der Waals surface area (Å²) >= 11 is 1.98. The number of hydrogen-bond donors (Lipinski definition) is 0. The molecular formula is C68H60BN3S. The second-order valence-corrected chi connectivity index (χ2v) is 23.9. The average molecular weight is 962 g/mol. The van der Waals surface area contributed by atoms with E-state index in [1.54, 1.807) is 0 Å². The van der Waals surface area contributed by atoms with Gasteiger partial charge in [-0.1, -0.05) is 188 Å². The summed E-state index contributed by atoms with van der Waals surface area (Å²) in [5.41, 5.74) is 22.2. The van der Waals surface area contributed by atoms with Gasteiger partial charge in [-0.15, -0.1) is 11.3 Å². The van der Waals surface area contributed by atoms with Gasteiger partial charge >= 0.3 is 0 Å². The highest BCUT2D eigenvalue weighted by atomic mass is 32.1. The Hall–Kier alpha value is -7.60. The van der Waals surface area contributed by atoms with Crippen molar-refractivity contribution in [2.75, 3.05) is 14.7 Å². The fourth-order valence-electron chi connectivity index (χ4n) is 12.2. The minimum Gasteiger partial charge on any atom is -0.311 e. The zero-order valence-electron chi connectivity index (χ0n) is 42.9. The van der Waals surface area contributed by atoms with Gasteiger partial charge in [0, 0.05) is 54.6 Å². The first-order valence-corrected chi connectivity index (χ1v) is 26.9. The fraction of sp³-hybridized carbons (Fsp3) is 0.176. The van der Waals surface area contributed by atoms with Gasteiger partial charge in [-0.05, 0) is 146 Å². The molecule has 356 valence electrons. The molecule has 3 aliphatic rings. The molecule has 0 spiro atoms. The van der Waals surface area contributed by atoms with Gasteiger partial charge in [0.05, 0.1) is 17.1 Å². The molecule has 0 bridgehead atoms. The smallest absolute Gasteiger partial charge is 0.264 e. The van der Waals surface area contributed by atoms with Crippen LogP contribution in [-0.2, 0) is 16.2 Å². The first-order valence-electron chi connectivity index (χ1n) is 26.1. The summed E-state index contributed by atoms with van der Waals surface area (Å²) in [5.74, 6) is 0. The summed E-state index contributed by atoms with van der Waals surface area (Å²) in [5, 5.41) is 1.31. The molecule has 1 aromatic heterocycles. The number of fused-ring (bicyclic) bond motifs is 7. The maximum atomic E-state index is 2.69. The van der Waals surface area contributed by atoms with E-state index in [2.05, 4.69) is 275 Å². The number of thiophene rings is 1. The molecule has 13 rings (SSSR count). The molecule has 0 radical (unpaired) electrons. The van der Waals surface area contributed by atoms with Crippen LogP contribution < -0.4 is 30.4 Å². The van der Waals surface area contributed by atoms with Gasteiger partial charge in [-0.25, -0.2) is 0 Å². The second-order valence-electron chi connectivity index (χ2n) is 22.8. The van der Waals surface area contributed by atoms with E-state index in [-0.39, 0.29) is 23.0 Å². The van der Waals surface area contributed by atoms with Crippen molar-refractivity contribution in [3.05, 3.63) is 229 Å². The van der Waals surface area contributed by atoms with Crippen LogP contribution in [0.3, 0.4) is 0 Å². The highest BCUT2D eigenvalue weighted by Gasteiger charge is 2.47. The number of rotatable bonds is 7. The molecule has 3 heterocycles. The van der Waals surface area contributed by atoms with Crippen molar-refractivity contribution in [3.8, 4) is 22.3 Å². The Balaban J connectivity index is 1.20. The van der Waals surface area contributed by atoms with Gasteiger partial charge in [0.1, 0.15) is 0 Å². The van der Waals surface area contributed by atoms with Gasteiger partial charge in [0.2, 0.25) is 0 Å². The van der Waals surface area contributed by atoms with E-state index in [1.165, 1.54) is 99.6 Å². The van der Waals surface area contributed by atoms with E-state index in [4.69, 9.17) is 0 Å². The number of para-hydroxylation sites is 3. The first kappa shape index (κ1) is 45.3. The maximum Gasteiger partial charge on any atom is 0.264 e. The Bertz CT molecular complexity index is 3700. The van der Waals surface area contributed by atoms with Crippen molar-refractivity contribution in [1.82, 2.24) is 0 Å². The summed E-state index contributed by atoms with van der Waals surface area (Å²) in [4.78, 5) is 7.76. The van der Waals surface area contributed by atoms with Crippen LogP contribution in [0, 0.1) is 0 Å². The van der Waals surface area contributed by atoms with Crippen molar-refractivity contribution in [1.29, 1.82) is 0 Å². The Morgan fingerprint density at radius 1 is 0.479 bits per heavy atom. The average Bonchev–Trinajstić information content (AvgIpc) is 3.79. The highest BCUT2D eigenvalue weighted by molar-refractivity contribution is 7.33. The number of nitrogens with zero attached hydrogens (tertiary/aromatic N) is 3. The maximum absolute atomic E-state index is 2.69. The van der Waals surface area contributed by atoms with Crippen LogP contribution in [0.4, 0.5) is 51.2 Å². The molecule has 10 aromatic rings. The van der Waals surface area contributed by atoms with Crippen molar-refractivity contribution in [2.24, 2.45) is 0 Å². The molecule has 0 N–H and O–H groups in total. The summed E-state index contributed by atoms with van der Waals surface area (Å²) in [6, 6.07) is 79.8. The van der Waals surface area contributed by atoms with Crippen molar-refractivity contribution >= 4 is 95.0 Å². The number of benzene rings is 9.